The summed E-state index contributed by atoms with van der Waals surface area (Å²) < 4.78 is 5.98. The summed E-state index contributed by atoms with van der Waals surface area (Å²) in [6.45, 7) is 11.2. The van der Waals surface area contributed by atoms with Crippen LogP contribution in [-0.4, -0.2) is 115 Å². The number of aryl methyl sites for hydroxylation is 1. The molecule has 0 bridgehead atoms. The first kappa shape index (κ1) is 47.8. The first-order chi connectivity index (χ1) is 30.2. The number of hydrogen-bond acceptors (Lipinski definition) is 11. The summed E-state index contributed by atoms with van der Waals surface area (Å²) in [5.74, 6) is -4.18. The van der Waals surface area contributed by atoms with Crippen LogP contribution in [0.2, 0.25) is 0 Å². The molecule has 0 radical (unpaired) electrons. The number of likely N-dealkylation sites (tertiary alicyclic amines) is 1. The molecule has 0 aliphatic carbocycles. The molecule has 1 unspecified atom stereocenters. The number of carbonyl (C=O) groups excluding carboxylic acids is 7. The van der Waals surface area contributed by atoms with E-state index < -0.39 is 77.7 Å². The number of nitrogens with zero attached hydrogens (tertiary/aromatic N) is 5. The summed E-state index contributed by atoms with van der Waals surface area (Å²) in [5.41, 5.74) is 2.95. The molecule has 6 atom stereocenters. The Bertz CT molecular complexity index is 2050. The van der Waals surface area contributed by atoms with Crippen molar-refractivity contribution in [3.8, 4) is 0 Å². The van der Waals surface area contributed by atoms with Crippen LogP contribution >= 0.6 is 0 Å². The quantitative estimate of drug-likeness (QED) is 0.0817. The second-order valence-electron chi connectivity index (χ2n) is 17.1. The van der Waals surface area contributed by atoms with E-state index >= 15 is 0 Å². The number of unbranched alkanes of at least 4 members (excludes halogenated alkanes) is 1. The van der Waals surface area contributed by atoms with Crippen molar-refractivity contribution in [1.82, 2.24) is 51.7 Å². The molecular formula is C45H62N10O8. The number of amides is 6. The summed E-state index contributed by atoms with van der Waals surface area (Å²) in [4.78, 5) is 99.2. The fourth-order valence-electron chi connectivity index (χ4n) is 7.89. The molecule has 2 aliphatic rings. The Balaban J connectivity index is 1.30. The van der Waals surface area contributed by atoms with E-state index in [1.54, 1.807) is 39.5 Å². The van der Waals surface area contributed by atoms with Crippen molar-refractivity contribution in [3.05, 3.63) is 77.1 Å². The second kappa shape index (κ2) is 22.8. The average molecular weight is 871 g/mol. The Kier molecular flexibility index (Phi) is 17.3. The molecule has 5 N–H and O–H groups in total. The van der Waals surface area contributed by atoms with Crippen molar-refractivity contribution in [1.29, 1.82) is 0 Å². The Morgan fingerprint density at radius 3 is 2.21 bits per heavy atom. The highest BCUT2D eigenvalue weighted by Gasteiger charge is 2.46. The lowest BCUT2D eigenvalue weighted by Crippen LogP contribution is -2.59. The predicted octanol–water partition coefficient (Wildman–Crippen LogP) is 3.09. The van der Waals surface area contributed by atoms with Gasteiger partial charge in [-0.15, -0.1) is 10.2 Å². The molecule has 1 saturated heterocycles. The van der Waals surface area contributed by atoms with E-state index in [4.69, 9.17) is 4.74 Å². The van der Waals surface area contributed by atoms with Crippen LogP contribution in [0.15, 0.2) is 54.6 Å². The highest BCUT2D eigenvalue weighted by Crippen LogP contribution is 2.26. The van der Waals surface area contributed by atoms with Gasteiger partial charge in [-0.25, -0.2) is 4.79 Å². The van der Waals surface area contributed by atoms with Gasteiger partial charge in [-0.2, -0.15) is 5.21 Å². The van der Waals surface area contributed by atoms with Crippen LogP contribution in [0, 0.1) is 11.8 Å². The number of aromatic nitrogens is 4. The molecule has 1 fully saturated rings. The zero-order valence-electron chi connectivity index (χ0n) is 37.1. The molecule has 18 heteroatoms. The van der Waals surface area contributed by atoms with Crippen molar-refractivity contribution < 1.29 is 38.3 Å². The first-order valence-corrected chi connectivity index (χ1v) is 22.0. The maximum atomic E-state index is 14.6. The van der Waals surface area contributed by atoms with Crippen LogP contribution in [0.3, 0.4) is 0 Å². The number of nitrogens with one attached hydrogen (secondary N) is 5. The third kappa shape index (κ3) is 13.2. The van der Waals surface area contributed by atoms with Crippen LogP contribution < -0.4 is 21.3 Å². The van der Waals surface area contributed by atoms with Crippen LogP contribution in [0.5, 0.6) is 0 Å². The van der Waals surface area contributed by atoms with Gasteiger partial charge in [0, 0.05) is 32.4 Å². The number of tetrazole rings is 1. The van der Waals surface area contributed by atoms with E-state index in [1.807, 2.05) is 61.5 Å². The largest absolute Gasteiger partial charge is 0.444 e. The fourth-order valence-corrected chi connectivity index (χ4v) is 7.89. The SMILES string of the molecule is CCCC(NC(=O)[C@@H]1C[C@@H](OC(=O)N2CCc3ccccc3C2)CN1C(=O)[C@@H](NC(=O)[C@H](NC(=O)CCCCc1nn[nH]n1)C(C)C)C(C)C)C(=O)C(=O)N[C@@H](C)c1ccccc1. The molecule has 1 aromatic heterocycles. The normalized spacial score (nSPS) is 17.8. The fraction of sp³-hybridized carbons (Fsp3) is 0.556. The number of ketones is 1. The number of hydrogen-bond donors (Lipinski definition) is 5. The van der Waals surface area contributed by atoms with Gasteiger partial charge in [-0.05, 0) is 61.1 Å². The minimum Gasteiger partial charge on any atom is -0.444 e. The van der Waals surface area contributed by atoms with Crippen molar-refractivity contribution >= 4 is 41.4 Å². The average Bonchev–Trinajstić information content (AvgIpc) is 3.96. The minimum absolute atomic E-state index is 0.0891. The van der Waals surface area contributed by atoms with Crippen LogP contribution in [-0.2, 0) is 52.9 Å². The van der Waals surface area contributed by atoms with Gasteiger partial charge < -0.3 is 35.8 Å². The molecular weight excluding hydrogens is 809 g/mol. The number of aromatic amines is 1. The topological polar surface area (TPSA) is 238 Å². The monoisotopic (exact) mass is 870 g/mol. The molecule has 63 heavy (non-hydrogen) atoms. The van der Waals surface area contributed by atoms with Gasteiger partial charge in [-0.3, -0.25) is 28.8 Å². The predicted molar refractivity (Wildman–Crippen MR) is 231 cm³/mol. The molecule has 3 aromatic rings. The van der Waals surface area contributed by atoms with Gasteiger partial charge in [0.25, 0.3) is 5.91 Å². The Labute approximate surface area is 368 Å². The lowest BCUT2D eigenvalue weighted by molar-refractivity contribution is -0.144. The van der Waals surface area contributed by atoms with E-state index in [9.17, 15) is 33.6 Å². The molecule has 3 heterocycles. The van der Waals surface area contributed by atoms with E-state index in [-0.39, 0.29) is 37.6 Å². The Morgan fingerprint density at radius 2 is 1.54 bits per heavy atom. The molecule has 2 aromatic carbocycles. The number of rotatable bonds is 20. The number of Topliss-reactive ketones (excluding diaryl/α,β-unsaturated/α-hetero) is 1. The van der Waals surface area contributed by atoms with Gasteiger partial charge in [0.05, 0.1) is 18.6 Å². The zero-order valence-corrected chi connectivity index (χ0v) is 37.1. The number of benzene rings is 2. The lowest BCUT2D eigenvalue weighted by Gasteiger charge is -2.32. The number of fused-ring (bicyclic) bond motifs is 1. The standard InChI is InChI=1S/C45H62N10O8/c1-7-15-34(40(57)43(60)46-29(6)30-16-9-8-10-17-30)47-41(58)35-24-33(63-45(62)54-23-22-31-18-11-12-19-32(31)25-54)26-55(35)44(61)39(28(4)5)49-42(59)38(27(2)3)48-37(56)21-14-13-20-36-50-52-53-51-36/h8-12,16-19,27-29,33-35,38-39H,7,13-15,20-26H2,1-6H3,(H,46,60)(H,47,58)(H,48,56)(H,49,59)(H,50,51,52,53)/t29-,33+,34?,35-,38+,39-/m0/s1. The first-order valence-electron chi connectivity index (χ1n) is 22.0. The summed E-state index contributed by atoms with van der Waals surface area (Å²) in [5, 5.41) is 24.9. The van der Waals surface area contributed by atoms with Gasteiger partial charge in [-0.1, -0.05) is 101 Å². The van der Waals surface area contributed by atoms with E-state index in [0.29, 0.717) is 51.0 Å². The van der Waals surface area contributed by atoms with E-state index in [2.05, 4.69) is 41.9 Å². The van der Waals surface area contributed by atoms with Gasteiger partial charge in [0.1, 0.15) is 24.2 Å². The number of ether oxygens (including phenoxy) is 1. The highest BCUT2D eigenvalue weighted by molar-refractivity contribution is 6.38. The lowest BCUT2D eigenvalue weighted by atomic mass is 9.98. The third-order valence-electron chi connectivity index (χ3n) is 11.5. The van der Waals surface area contributed by atoms with Crippen molar-refractivity contribution in [2.75, 3.05) is 13.1 Å². The maximum absolute atomic E-state index is 14.6. The highest BCUT2D eigenvalue weighted by atomic mass is 16.6. The number of H-pyrrole nitrogens is 1. The van der Waals surface area contributed by atoms with Crippen LogP contribution in [0.1, 0.15) is 109 Å². The molecule has 340 valence electrons. The van der Waals surface area contributed by atoms with Gasteiger partial charge >= 0.3 is 6.09 Å². The Morgan fingerprint density at radius 1 is 0.841 bits per heavy atom. The molecule has 6 amide bonds. The molecule has 18 nitrogen and oxygen atoms in total. The van der Waals surface area contributed by atoms with Gasteiger partial charge in [0.15, 0.2) is 5.82 Å². The number of carbonyl (C=O) groups is 7. The van der Waals surface area contributed by atoms with Crippen molar-refractivity contribution in [2.45, 2.75) is 136 Å². The zero-order chi connectivity index (χ0) is 45.6. The molecule has 2 aliphatic heterocycles. The molecule has 0 saturated carbocycles. The van der Waals surface area contributed by atoms with E-state index in [0.717, 1.165) is 16.7 Å². The third-order valence-corrected chi connectivity index (χ3v) is 11.5. The minimum atomic E-state index is -1.22. The van der Waals surface area contributed by atoms with Crippen LogP contribution in [0.25, 0.3) is 0 Å². The molecule has 0 spiro atoms. The van der Waals surface area contributed by atoms with E-state index in [1.165, 1.54) is 4.90 Å². The summed E-state index contributed by atoms with van der Waals surface area (Å²) in [7, 11) is 0. The van der Waals surface area contributed by atoms with Crippen molar-refractivity contribution in [3.63, 3.8) is 0 Å². The summed E-state index contributed by atoms with van der Waals surface area (Å²) >= 11 is 0. The van der Waals surface area contributed by atoms with Crippen LogP contribution in [0.4, 0.5) is 4.79 Å². The smallest absolute Gasteiger partial charge is 0.410 e. The van der Waals surface area contributed by atoms with Gasteiger partial charge in [0.2, 0.25) is 29.4 Å². The summed E-state index contributed by atoms with van der Waals surface area (Å²) in [6.07, 6.45) is 1.52. The summed E-state index contributed by atoms with van der Waals surface area (Å²) in [6, 6.07) is 12.0. The molecule has 5 rings (SSSR count). The van der Waals surface area contributed by atoms with Crippen molar-refractivity contribution in [2.24, 2.45) is 11.8 Å². The Hall–Kier alpha value is -6.20. The second-order valence-corrected chi connectivity index (χ2v) is 17.1. The maximum Gasteiger partial charge on any atom is 0.410 e.